The van der Waals surface area contributed by atoms with E-state index in [9.17, 15) is 4.79 Å². The van der Waals surface area contributed by atoms with E-state index in [1.165, 1.54) is 0 Å². The zero-order valence-corrected chi connectivity index (χ0v) is 10.6. The molecular formula is C13H20N2O2. The van der Waals surface area contributed by atoms with E-state index in [0.717, 1.165) is 16.9 Å². The zero-order chi connectivity index (χ0) is 12.8. The average Bonchev–Trinajstić information content (AvgIpc) is 2.27. The largest absolute Gasteiger partial charge is 0.484 e. The molecule has 0 aliphatic carbocycles. The molecule has 1 aromatic rings. The van der Waals surface area contributed by atoms with E-state index in [2.05, 4.69) is 5.32 Å². The molecular weight excluding hydrogens is 216 g/mol. The van der Waals surface area contributed by atoms with E-state index in [4.69, 9.17) is 10.5 Å². The minimum atomic E-state index is -0.108. The SMILES string of the molecule is CCNC(=O)COc1ccc([C@@H](C)N)cc1C. The molecule has 0 aliphatic rings. The van der Waals surface area contributed by atoms with E-state index in [1.54, 1.807) is 0 Å². The summed E-state index contributed by atoms with van der Waals surface area (Å²) in [6, 6.07) is 5.77. The highest BCUT2D eigenvalue weighted by molar-refractivity contribution is 5.77. The first kappa shape index (κ1) is 13.5. The number of likely N-dealkylation sites (N-methyl/N-ethyl adjacent to an activating group) is 1. The third-order valence-corrected chi connectivity index (χ3v) is 2.46. The predicted molar refractivity (Wildman–Crippen MR) is 68.0 cm³/mol. The van der Waals surface area contributed by atoms with E-state index in [0.29, 0.717) is 6.54 Å². The molecule has 94 valence electrons. The number of aryl methyl sites for hydroxylation is 1. The van der Waals surface area contributed by atoms with Gasteiger partial charge in [-0.05, 0) is 38.0 Å². The number of nitrogens with one attached hydrogen (secondary N) is 1. The van der Waals surface area contributed by atoms with Crippen molar-refractivity contribution >= 4 is 5.91 Å². The van der Waals surface area contributed by atoms with Gasteiger partial charge in [0.1, 0.15) is 5.75 Å². The first-order valence-electron chi connectivity index (χ1n) is 5.80. The van der Waals surface area contributed by atoms with Crippen molar-refractivity contribution in [2.45, 2.75) is 26.8 Å². The molecule has 0 fully saturated rings. The molecule has 0 heterocycles. The summed E-state index contributed by atoms with van der Waals surface area (Å²) in [5.41, 5.74) is 7.84. The third-order valence-electron chi connectivity index (χ3n) is 2.46. The molecule has 1 atom stereocenters. The number of rotatable bonds is 5. The number of hydrogen-bond acceptors (Lipinski definition) is 3. The molecule has 4 heteroatoms. The average molecular weight is 236 g/mol. The first-order chi connectivity index (χ1) is 8.04. The van der Waals surface area contributed by atoms with E-state index >= 15 is 0 Å². The van der Waals surface area contributed by atoms with Gasteiger partial charge >= 0.3 is 0 Å². The van der Waals surface area contributed by atoms with Gasteiger partial charge in [-0.3, -0.25) is 4.79 Å². The summed E-state index contributed by atoms with van der Waals surface area (Å²) >= 11 is 0. The molecule has 0 aromatic heterocycles. The van der Waals surface area contributed by atoms with Gasteiger partial charge in [-0.15, -0.1) is 0 Å². The highest BCUT2D eigenvalue weighted by atomic mass is 16.5. The van der Waals surface area contributed by atoms with Gasteiger partial charge in [-0.2, -0.15) is 0 Å². The Kier molecular flexibility index (Phi) is 4.97. The van der Waals surface area contributed by atoms with Crippen LogP contribution >= 0.6 is 0 Å². The van der Waals surface area contributed by atoms with Crippen LogP contribution in [0.5, 0.6) is 5.75 Å². The van der Waals surface area contributed by atoms with Crippen molar-refractivity contribution in [2.24, 2.45) is 5.73 Å². The van der Waals surface area contributed by atoms with Gasteiger partial charge in [-0.1, -0.05) is 12.1 Å². The summed E-state index contributed by atoms with van der Waals surface area (Å²) < 4.78 is 5.43. The van der Waals surface area contributed by atoms with Crippen LogP contribution in [0.15, 0.2) is 18.2 Å². The van der Waals surface area contributed by atoms with Crippen LogP contribution in [0, 0.1) is 6.92 Å². The third kappa shape index (κ3) is 4.07. The van der Waals surface area contributed by atoms with Crippen molar-refractivity contribution in [2.75, 3.05) is 13.2 Å². The van der Waals surface area contributed by atoms with Gasteiger partial charge in [-0.25, -0.2) is 0 Å². The van der Waals surface area contributed by atoms with Gasteiger partial charge in [0.2, 0.25) is 0 Å². The van der Waals surface area contributed by atoms with Gasteiger partial charge in [0.05, 0.1) is 0 Å². The smallest absolute Gasteiger partial charge is 0.257 e. The molecule has 4 nitrogen and oxygen atoms in total. The first-order valence-corrected chi connectivity index (χ1v) is 5.80. The number of hydrogen-bond donors (Lipinski definition) is 2. The second-order valence-electron chi connectivity index (χ2n) is 4.06. The molecule has 0 unspecified atom stereocenters. The van der Waals surface area contributed by atoms with Gasteiger partial charge < -0.3 is 15.8 Å². The molecule has 1 aromatic carbocycles. The van der Waals surface area contributed by atoms with E-state index in [1.807, 2.05) is 39.0 Å². The van der Waals surface area contributed by atoms with Crippen LogP contribution in [-0.4, -0.2) is 19.1 Å². The van der Waals surface area contributed by atoms with Crippen molar-refractivity contribution in [3.8, 4) is 5.75 Å². The Labute approximate surface area is 102 Å². The molecule has 1 amide bonds. The monoisotopic (exact) mass is 236 g/mol. The molecule has 0 saturated heterocycles. The number of nitrogens with two attached hydrogens (primary N) is 1. The van der Waals surface area contributed by atoms with Crippen LogP contribution in [-0.2, 0) is 4.79 Å². The quantitative estimate of drug-likeness (QED) is 0.815. The fourth-order valence-corrected chi connectivity index (χ4v) is 1.51. The number of benzene rings is 1. The Morgan fingerprint density at radius 3 is 2.76 bits per heavy atom. The number of carbonyl (C=O) groups excluding carboxylic acids is 1. The van der Waals surface area contributed by atoms with Crippen LogP contribution < -0.4 is 15.8 Å². The second-order valence-corrected chi connectivity index (χ2v) is 4.06. The molecule has 17 heavy (non-hydrogen) atoms. The lowest BCUT2D eigenvalue weighted by molar-refractivity contribution is -0.122. The lowest BCUT2D eigenvalue weighted by Crippen LogP contribution is -2.28. The van der Waals surface area contributed by atoms with Crippen molar-refractivity contribution in [3.63, 3.8) is 0 Å². The Hall–Kier alpha value is -1.55. The van der Waals surface area contributed by atoms with Crippen molar-refractivity contribution in [1.29, 1.82) is 0 Å². The number of ether oxygens (including phenoxy) is 1. The second kappa shape index (κ2) is 6.25. The van der Waals surface area contributed by atoms with Crippen molar-refractivity contribution in [1.82, 2.24) is 5.32 Å². The van der Waals surface area contributed by atoms with Crippen LogP contribution in [0.4, 0.5) is 0 Å². The summed E-state index contributed by atoms with van der Waals surface area (Å²) in [6.45, 7) is 6.42. The Balaban J connectivity index is 2.63. The molecule has 3 N–H and O–H groups in total. The standard InChI is InChI=1S/C13H20N2O2/c1-4-15-13(16)8-17-12-6-5-11(10(3)14)7-9(12)2/h5-7,10H,4,8,14H2,1-3H3,(H,15,16)/t10-/m1/s1. The van der Waals surface area contributed by atoms with Crippen molar-refractivity contribution in [3.05, 3.63) is 29.3 Å². The predicted octanol–water partition coefficient (Wildman–Crippen LogP) is 1.53. The fraction of sp³-hybridized carbons (Fsp3) is 0.462. The van der Waals surface area contributed by atoms with E-state index in [-0.39, 0.29) is 18.6 Å². The lowest BCUT2D eigenvalue weighted by Gasteiger charge is -2.12. The van der Waals surface area contributed by atoms with Crippen LogP contribution in [0.2, 0.25) is 0 Å². The lowest BCUT2D eigenvalue weighted by atomic mass is 10.1. The summed E-state index contributed by atoms with van der Waals surface area (Å²) in [7, 11) is 0. The Morgan fingerprint density at radius 2 is 2.24 bits per heavy atom. The Morgan fingerprint density at radius 1 is 1.53 bits per heavy atom. The maximum Gasteiger partial charge on any atom is 0.257 e. The van der Waals surface area contributed by atoms with Crippen LogP contribution in [0.25, 0.3) is 0 Å². The minimum absolute atomic E-state index is 0.00569. The maximum atomic E-state index is 11.2. The molecule has 0 radical (unpaired) electrons. The van der Waals surface area contributed by atoms with Crippen molar-refractivity contribution < 1.29 is 9.53 Å². The molecule has 0 aliphatic heterocycles. The highest BCUT2D eigenvalue weighted by Crippen LogP contribution is 2.21. The number of amides is 1. The summed E-state index contributed by atoms with van der Waals surface area (Å²) in [5.74, 6) is 0.615. The molecule has 0 spiro atoms. The summed E-state index contributed by atoms with van der Waals surface area (Å²) in [6.07, 6.45) is 0. The number of carbonyl (C=O) groups is 1. The molecule has 0 bridgehead atoms. The summed E-state index contributed by atoms with van der Waals surface area (Å²) in [5, 5.41) is 2.68. The highest BCUT2D eigenvalue weighted by Gasteiger charge is 2.06. The zero-order valence-electron chi connectivity index (χ0n) is 10.6. The van der Waals surface area contributed by atoms with Crippen LogP contribution in [0.3, 0.4) is 0 Å². The van der Waals surface area contributed by atoms with Crippen LogP contribution in [0.1, 0.15) is 31.0 Å². The topological polar surface area (TPSA) is 64.3 Å². The Bertz CT molecular complexity index is 389. The molecule has 0 saturated carbocycles. The van der Waals surface area contributed by atoms with Gasteiger partial charge in [0.15, 0.2) is 6.61 Å². The van der Waals surface area contributed by atoms with Gasteiger partial charge in [0.25, 0.3) is 5.91 Å². The normalized spacial score (nSPS) is 12.0. The van der Waals surface area contributed by atoms with E-state index < -0.39 is 0 Å². The molecule has 1 rings (SSSR count). The summed E-state index contributed by atoms with van der Waals surface area (Å²) in [4.78, 5) is 11.2. The fourth-order valence-electron chi connectivity index (χ4n) is 1.51. The maximum absolute atomic E-state index is 11.2. The minimum Gasteiger partial charge on any atom is -0.484 e. The van der Waals surface area contributed by atoms with Gasteiger partial charge in [0, 0.05) is 12.6 Å².